The van der Waals surface area contributed by atoms with Crippen molar-refractivity contribution >= 4 is 23.5 Å². The van der Waals surface area contributed by atoms with Crippen molar-refractivity contribution in [3.63, 3.8) is 0 Å². The minimum Gasteiger partial charge on any atom is -0.492 e. The molecule has 2 bridgehead atoms. The highest BCUT2D eigenvalue weighted by molar-refractivity contribution is 5.96. The molecule has 0 radical (unpaired) electrons. The second kappa shape index (κ2) is 7.14. The third kappa shape index (κ3) is 3.60. The fraction of sp³-hybridized carbons (Fsp3) is 0.545. The van der Waals surface area contributed by atoms with E-state index in [1.54, 1.807) is 4.90 Å². The van der Waals surface area contributed by atoms with Gasteiger partial charge in [-0.1, -0.05) is 0 Å². The van der Waals surface area contributed by atoms with Crippen molar-refractivity contribution in [2.45, 2.75) is 62.5 Å². The van der Waals surface area contributed by atoms with E-state index in [-0.39, 0.29) is 36.3 Å². The molecular formula is C22H24FN5O5. The molecule has 33 heavy (non-hydrogen) atoms. The normalized spacial score (nSPS) is 25.3. The quantitative estimate of drug-likeness (QED) is 0.614. The number of alkyl halides is 1. The van der Waals surface area contributed by atoms with Crippen molar-refractivity contribution < 1.29 is 23.8 Å². The molecule has 2 aliphatic carbocycles. The first kappa shape index (κ1) is 20.4. The number of amides is 2. The first-order valence-corrected chi connectivity index (χ1v) is 11.3. The van der Waals surface area contributed by atoms with Gasteiger partial charge in [-0.05, 0) is 38.2 Å². The van der Waals surface area contributed by atoms with E-state index >= 15 is 0 Å². The molecule has 2 aromatic rings. The highest BCUT2D eigenvalue weighted by atomic mass is 19.1. The summed E-state index contributed by atoms with van der Waals surface area (Å²) in [4.78, 5) is 40.1. The second-order valence-electron chi connectivity index (χ2n) is 9.50. The van der Waals surface area contributed by atoms with Crippen LogP contribution < -0.4 is 10.9 Å². The van der Waals surface area contributed by atoms with Gasteiger partial charge < -0.3 is 20.1 Å². The van der Waals surface area contributed by atoms with Gasteiger partial charge in [0.1, 0.15) is 11.3 Å². The third-order valence-electron chi connectivity index (χ3n) is 6.82. The Balaban J connectivity index is 1.36. The minimum absolute atomic E-state index is 0.0234. The van der Waals surface area contributed by atoms with Crippen molar-refractivity contribution in [2.24, 2.45) is 0 Å². The number of aromatic nitrogens is 3. The van der Waals surface area contributed by atoms with E-state index in [0.29, 0.717) is 31.7 Å². The molecular weight excluding hydrogens is 433 g/mol. The van der Waals surface area contributed by atoms with E-state index in [2.05, 4.69) is 10.4 Å². The predicted molar refractivity (Wildman–Crippen MR) is 114 cm³/mol. The molecule has 2 N–H and O–H groups in total. The lowest BCUT2D eigenvalue weighted by Gasteiger charge is -2.25. The standard InChI is InChI=1S/C22H24FN5O5/c23-22(5-6-22)11-27-16-7-13(3-4-17(29)26-9-15-8-14(26)10-33-15)25-28(16)21(32)18(20(27)31)19(30)24-12-1-2-12/h3-4,7,12,14-15,32H,1-2,5-6,8-11H2,(H,24,30)/b4-3+/t14-,15-/m1/s1. The minimum atomic E-state index is -1.51. The Morgan fingerprint density at radius 1 is 1.36 bits per heavy atom. The van der Waals surface area contributed by atoms with Crippen LogP contribution in [-0.4, -0.2) is 73.0 Å². The van der Waals surface area contributed by atoms with Gasteiger partial charge >= 0.3 is 0 Å². The van der Waals surface area contributed by atoms with Crippen molar-refractivity contribution in [1.29, 1.82) is 0 Å². The van der Waals surface area contributed by atoms with Gasteiger partial charge in [0.25, 0.3) is 11.5 Å². The molecule has 2 saturated carbocycles. The van der Waals surface area contributed by atoms with E-state index in [9.17, 15) is 23.9 Å². The number of likely N-dealkylation sites (tertiary alicyclic amines) is 1. The Labute approximate surface area is 187 Å². The summed E-state index contributed by atoms with van der Waals surface area (Å²) in [5.74, 6) is -1.48. The molecule has 11 heteroatoms. The van der Waals surface area contributed by atoms with Gasteiger partial charge in [-0.25, -0.2) is 4.39 Å². The predicted octanol–water partition coefficient (Wildman–Crippen LogP) is 0.609. The zero-order valence-electron chi connectivity index (χ0n) is 17.9. The summed E-state index contributed by atoms with van der Waals surface area (Å²) < 4.78 is 22.4. The van der Waals surface area contributed by atoms with Crippen LogP contribution in [0.4, 0.5) is 4.39 Å². The fourth-order valence-electron chi connectivity index (χ4n) is 4.59. The summed E-state index contributed by atoms with van der Waals surface area (Å²) in [6, 6.07) is 1.55. The molecule has 2 atom stereocenters. The number of morpholine rings is 1. The van der Waals surface area contributed by atoms with Crippen LogP contribution in [0.2, 0.25) is 0 Å². The maximum atomic E-state index is 14.6. The van der Waals surface area contributed by atoms with Gasteiger partial charge in [-0.15, -0.1) is 0 Å². The number of hydrogen-bond acceptors (Lipinski definition) is 6. The van der Waals surface area contributed by atoms with E-state index in [1.807, 2.05) is 0 Å². The number of carbonyl (C=O) groups excluding carboxylic acids is 2. The summed E-state index contributed by atoms with van der Waals surface area (Å²) in [5.41, 5.74) is -2.28. The number of fused-ring (bicyclic) bond motifs is 3. The van der Waals surface area contributed by atoms with Crippen LogP contribution >= 0.6 is 0 Å². The number of halogens is 1. The maximum Gasteiger partial charge on any atom is 0.270 e. The highest BCUT2D eigenvalue weighted by Crippen LogP contribution is 2.41. The average molecular weight is 457 g/mol. The van der Waals surface area contributed by atoms with Crippen molar-refractivity contribution in [3.8, 4) is 5.88 Å². The molecule has 6 rings (SSSR count). The number of hydrogen-bond donors (Lipinski definition) is 2. The highest BCUT2D eigenvalue weighted by Gasteiger charge is 2.45. The van der Waals surface area contributed by atoms with Gasteiger partial charge in [-0.3, -0.25) is 19.0 Å². The number of ether oxygens (including phenoxy) is 1. The SMILES string of the molecule is O=C(NC1CC1)c1c(O)n2nc(/C=C/C(=O)N3C[C@H]4C[C@@H]3CO4)cc2n(CC2(F)CC2)c1=O. The van der Waals surface area contributed by atoms with Gasteiger partial charge in [0.05, 0.1) is 31.0 Å². The lowest BCUT2D eigenvalue weighted by Crippen LogP contribution is -2.40. The zero-order valence-corrected chi connectivity index (χ0v) is 17.9. The monoisotopic (exact) mass is 457 g/mol. The van der Waals surface area contributed by atoms with Gasteiger partial charge in [0.2, 0.25) is 11.8 Å². The van der Waals surface area contributed by atoms with E-state index in [0.717, 1.165) is 28.3 Å². The fourth-order valence-corrected chi connectivity index (χ4v) is 4.59. The van der Waals surface area contributed by atoms with Crippen LogP contribution in [0, 0.1) is 0 Å². The molecule has 174 valence electrons. The van der Waals surface area contributed by atoms with Gasteiger partial charge in [0.15, 0.2) is 5.56 Å². The largest absolute Gasteiger partial charge is 0.492 e. The zero-order chi connectivity index (χ0) is 22.9. The van der Waals surface area contributed by atoms with Crippen LogP contribution in [0.1, 0.15) is 48.2 Å². The maximum absolute atomic E-state index is 14.6. The lowest BCUT2D eigenvalue weighted by atomic mass is 10.2. The summed E-state index contributed by atoms with van der Waals surface area (Å²) in [5, 5.41) is 17.7. The first-order valence-electron chi connectivity index (χ1n) is 11.3. The van der Waals surface area contributed by atoms with Crippen LogP contribution in [0.3, 0.4) is 0 Å². The molecule has 2 aromatic heterocycles. The average Bonchev–Trinajstić information content (AvgIpc) is 3.57. The van der Waals surface area contributed by atoms with Gasteiger partial charge in [0, 0.05) is 24.7 Å². The van der Waals surface area contributed by atoms with E-state index in [4.69, 9.17) is 4.74 Å². The number of carbonyl (C=O) groups is 2. The second-order valence-corrected chi connectivity index (χ2v) is 9.50. The number of aromatic hydroxyl groups is 1. The summed E-state index contributed by atoms with van der Waals surface area (Å²) in [6.45, 7) is 0.858. The molecule has 2 amide bonds. The van der Waals surface area contributed by atoms with Crippen LogP contribution in [-0.2, 0) is 16.1 Å². The summed E-state index contributed by atoms with van der Waals surface area (Å²) in [7, 11) is 0. The molecule has 2 aliphatic heterocycles. The molecule has 4 aliphatic rings. The molecule has 10 nitrogen and oxygen atoms in total. The Bertz CT molecular complexity index is 1260. The number of rotatable bonds is 6. The van der Waals surface area contributed by atoms with Gasteiger partial charge in [-0.2, -0.15) is 9.61 Å². The summed E-state index contributed by atoms with van der Waals surface area (Å²) in [6.07, 6.45) is 6.08. The van der Waals surface area contributed by atoms with E-state index in [1.165, 1.54) is 18.2 Å². The smallest absolute Gasteiger partial charge is 0.270 e. The van der Waals surface area contributed by atoms with Crippen molar-refractivity contribution in [3.05, 3.63) is 33.8 Å². The number of nitrogens with zero attached hydrogens (tertiary/aromatic N) is 4. The molecule has 2 saturated heterocycles. The number of nitrogens with one attached hydrogen (secondary N) is 1. The Morgan fingerprint density at radius 2 is 2.15 bits per heavy atom. The van der Waals surface area contributed by atoms with Crippen molar-refractivity contribution in [1.82, 2.24) is 24.4 Å². The third-order valence-corrected chi connectivity index (χ3v) is 6.82. The Kier molecular flexibility index (Phi) is 4.42. The Morgan fingerprint density at radius 3 is 2.79 bits per heavy atom. The van der Waals surface area contributed by atoms with Crippen LogP contribution in [0.15, 0.2) is 16.9 Å². The summed E-state index contributed by atoms with van der Waals surface area (Å²) >= 11 is 0. The molecule has 4 heterocycles. The van der Waals surface area contributed by atoms with Crippen LogP contribution in [0.5, 0.6) is 5.88 Å². The topological polar surface area (TPSA) is 118 Å². The molecule has 0 spiro atoms. The molecule has 0 aromatic carbocycles. The van der Waals surface area contributed by atoms with E-state index < -0.39 is 28.6 Å². The molecule has 4 fully saturated rings. The van der Waals surface area contributed by atoms with Crippen LogP contribution in [0.25, 0.3) is 11.7 Å². The van der Waals surface area contributed by atoms with Crippen molar-refractivity contribution in [2.75, 3.05) is 13.2 Å². The lowest BCUT2D eigenvalue weighted by molar-refractivity contribution is -0.130. The Hall–Kier alpha value is -3.21. The first-order chi connectivity index (χ1) is 15.8. The molecule has 0 unspecified atom stereocenters.